The summed E-state index contributed by atoms with van der Waals surface area (Å²) in [5.41, 5.74) is 5.72. The van der Waals surface area contributed by atoms with Crippen molar-refractivity contribution in [3.63, 3.8) is 0 Å². The van der Waals surface area contributed by atoms with Gasteiger partial charge in [0.15, 0.2) is 5.82 Å². The number of methoxy groups -OCH3 is 1. The molecule has 2 aromatic rings. The van der Waals surface area contributed by atoms with Crippen molar-refractivity contribution in [2.75, 3.05) is 38.3 Å². The third kappa shape index (κ3) is 3.90. The minimum Gasteiger partial charge on any atom is -0.453 e. The monoisotopic (exact) mass is 464 g/mol. The molecule has 3 aliphatic heterocycles. The Kier molecular flexibility index (Phi) is 6.17. The fourth-order valence-corrected chi connectivity index (χ4v) is 5.41. The summed E-state index contributed by atoms with van der Waals surface area (Å²) in [5, 5.41) is 15.0. The van der Waals surface area contributed by atoms with Crippen LogP contribution >= 0.6 is 0 Å². The lowest BCUT2D eigenvalue weighted by molar-refractivity contribution is 0.0649. The molecule has 1 fully saturated rings. The van der Waals surface area contributed by atoms with Crippen molar-refractivity contribution in [2.45, 2.75) is 64.5 Å². The lowest BCUT2D eigenvalue weighted by atomic mass is 9.98. The third-order valence-electron chi connectivity index (χ3n) is 7.15. The Bertz CT molecular complexity index is 1130. The molecule has 9 heteroatoms. The Morgan fingerprint density at radius 1 is 1.26 bits per heavy atom. The molecule has 0 saturated carbocycles. The molecule has 5 rings (SSSR count). The van der Waals surface area contributed by atoms with E-state index in [1.54, 1.807) is 4.90 Å². The number of rotatable bonds is 3. The van der Waals surface area contributed by atoms with Gasteiger partial charge in [0.05, 0.1) is 42.3 Å². The van der Waals surface area contributed by atoms with Crippen LogP contribution in [0, 0.1) is 11.3 Å². The lowest BCUT2D eigenvalue weighted by Crippen LogP contribution is -2.37. The van der Waals surface area contributed by atoms with Gasteiger partial charge in [0, 0.05) is 44.0 Å². The van der Waals surface area contributed by atoms with Gasteiger partial charge in [-0.3, -0.25) is 9.67 Å². The summed E-state index contributed by atoms with van der Waals surface area (Å²) in [6.07, 6.45) is 4.14. The molecule has 180 valence electrons. The van der Waals surface area contributed by atoms with Crippen molar-refractivity contribution in [3.8, 4) is 6.07 Å². The first-order valence-electron chi connectivity index (χ1n) is 12.2. The van der Waals surface area contributed by atoms with E-state index in [-0.39, 0.29) is 12.0 Å². The quantitative estimate of drug-likeness (QED) is 0.681. The zero-order chi connectivity index (χ0) is 23.8. The van der Waals surface area contributed by atoms with Crippen LogP contribution in [0.2, 0.25) is 0 Å². The molecule has 34 heavy (non-hydrogen) atoms. The molecule has 0 atom stereocenters. The van der Waals surface area contributed by atoms with Gasteiger partial charge in [0.2, 0.25) is 0 Å². The summed E-state index contributed by atoms with van der Waals surface area (Å²) in [7, 11) is 1.42. The maximum absolute atomic E-state index is 12.4. The van der Waals surface area contributed by atoms with Gasteiger partial charge in [-0.2, -0.15) is 10.4 Å². The average Bonchev–Trinajstić information content (AvgIpc) is 3.26. The standard InChI is InChI=1S/C25H32N6O3/c1-16(2)23-17(14-26)13-22-20(27-23)5-4-9-30(22)24-19-15-29(25(32)33-3)10-6-21(19)31(28-24)18-7-11-34-12-8-18/h13,16,18H,4-12,15H2,1-3H3. The second kappa shape index (κ2) is 9.26. The van der Waals surface area contributed by atoms with E-state index < -0.39 is 0 Å². The zero-order valence-electron chi connectivity index (χ0n) is 20.2. The number of aromatic nitrogens is 3. The summed E-state index contributed by atoms with van der Waals surface area (Å²) in [4.78, 5) is 21.2. The second-order valence-corrected chi connectivity index (χ2v) is 9.59. The minimum absolute atomic E-state index is 0.185. The van der Waals surface area contributed by atoms with Crippen molar-refractivity contribution < 1.29 is 14.3 Å². The van der Waals surface area contributed by atoms with Crippen molar-refractivity contribution in [1.82, 2.24) is 19.7 Å². The van der Waals surface area contributed by atoms with E-state index in [4.69, 9.17) is 19.6 Å². The van der Waals surface area contributed by atoms with E-state index in [1.807, 2.05) is 6.07 Å². The molecular formula is C25H32N6O3. The Labute approximate surface area is 200 Å². The first-order chi connectivity index (χ1) is 16.5. The highest BCUT2D eigenvalue weighted by Crippen LogP contribution is 2.40. The van der Waals surface area contributed by atoms with Crippen LogP contribution in [-0.2, 0) is 28.9 Å². The van der Waals surface area contributed by atoms with E-state index in [0.29, 0.717) is 24.7 Å². The smallest absolute Gasteiger partial charge is 0.409 e. The maximum Gasteiger partial charge on any atom is 0.409 e. The largest absolute Gasteiger partial charge is 0.453 e. The minimum atomic E-state index is -0.315. The summed E-state index contributed by atoms with van der Waals surface area (Å²) in [6.45, 7) is 7.51. The van der Waals surface area contributed by atoms with Crippen LogP contribution in [0.1, 0.15) is 73.3 Å². The van der Waals surface area contributed by atoms with E-state index in [1.165, 1.54) is 12.8 Å². The van der Waals surface area contributed by atoms with E-state index >= 15 is 0 Å². The number of fused-ring (bicyclic) bond motifs is 2. The number of nitrogens with zero attached hydrogens (tertiary/aromatic N) is 6. The number of pyridine rings is 1. The molecule has 0 bridgehead atoms. The number of amides is 1. The van der Waals surface area contributed by atoms with Crippen LogP contribution in [0.3, 0.4) is 0 Å². The van der Waals surface area contributed by atoms with Gasteiger partial charge >= 0.3 is 6.09 Å². The molecular weight excluding hydrogens is 432 g/mol. The van der Waals surface area contributed by atoms with E-state index in [0.717, 1.165) is 80.3 Å². The van der Waals surface area contributed by atoms with Crippen molar-refractivity contribution in [2.24, 2.45) is 0 Å². The number of hydrogen-bond donors (Lipinski definition) is 0. The van der Waals surface area contributed by atoms with Gasteiger partial charge in [-0.15, -0.1) is 0 Å². The number of aryl methyl sites for hydroxylation is 1. The Hall–Kier alpha value is -3.12. The first kappa shape index (κ1) is 22.7. The Balaban J connectivity index is 1.61. The molecule has 9 nitrogen and oxygen atoms in total. The molecule has 1 amide bonds. The number of ether oxygens (including phenoxy) is 2. The van der Waals surface area contributed by atoms with Crippen LogP contribution < -0.4 is 4.90 Å². The molecule has 5 heterocycles. The predicted molar refractivity (Wildman–Crippen MR) is 126 cm³/mol. The third-order valence-corrected chi connectivity index (χ3v) is 7.15. The Morgan fingerprint density at radius 2 is 2.06 bits per heavy atom. The van der Waals surface area contributed by atoms with Gasteiger partial charge in [-0.05, 0) is 37.7 Å². The van der Waals surface area contributed by atoms with E-state index in [9.17, 15) is 10.1 Å². The molecule has 0 aliphatic carbocycles. The molecule has 0 radical (unpaired) electrons. The molecule has 0 aromatic carbocycles. The van der Waals surface area contributed by atoms with Gasteiger partial charge in [-0.25, -0.2) is 4.79 Å². The highest BCUT2D eigenvalue weighted by molar-refractivity contribution is 5.72. The zero-order valence-corrected chi connectivity index (χ0v) is 20.2. The summed E-state index contributed by atoms with van der Waals surface area (Å²) in [6, 6.07) is 4.63. The number of hydrogen-bond acceptors (Lipinski definition) is 7. The summed E-state index contributed by atoms with van der Waals surface area (Å²) >= 11 is 0. The maximum atomic E-state index is 12.4. The number of carbonyl (C=O) groups is 1. The fraction of sp³-hybridized carbons (Fsp3) is 0.600. The molecule has 2 aromatic heterocycles. The van der Waals surface area contributed by atoms with Gasteiger partial charge in [-0.1, -0.05) is 13.8 Å². The van der Waals surface area contributed by atoms with Gasteiger partial charge in [0.25, 0.3) is 0 Å². The summed E-state index contributed by atoms with van der Waals surface area (Å²) < 4.78 is 12.8. The molecule has 0 unspecified atom stereocenters. The first-order valence-corrected chi connectivity index (χ1v) is 12.2. The highest BCUT2D eigenvalue weighted by atomic mass is 16.5. The molecule has 3 aliphatic rings. The summed E-state index contributed by atoms with van der Waals surface area (Å²) in [5.74, 6) is 1.06. The van der Waals surface area contributed by atoms with Gasteiger partial charge < -0.3 is 19.3 Å². The molecule has 0 spiro atoms. The van der Waals surface area contributed by atoms with Crippen LogP contribution in [0.4, 0.5) is 16.3 Å². The lowest BCUT2D eigenvalue weighted by Gasteiger charge is -2.32. The molecule has 0 N–H and O–H groups in total. The second-order valence-electron chi connectivity index (χ2n) is 9.59. The predicted octanol–water partition coefficient (Wildman–Crippen LogP) is 3.83. The van der Waals surface area contributed by atoms with Crippen molar-refractivity contribution >= 4 is 17.6 Å². The van der Waals surface area contributed by atoms with Crippen molar-refractivity contribution in [3.05, 3.63) is 34.3 Å². The normalized spacial score (nSPS) is 18.4. The Morgan fingerprint density at radius 3 is 2.76 bits per heavy atom. The van der Waals surface area contributed by atoms with Crippen LogP contribution in [0.25, 0.3) is 0 Å². The van der Waals surface area contributed by atoms with Gasteiger partial charge in [0.1, 0.15) is 6.07 Å². The van der Waals surface area contributed by atoms with Crippen LogP contribution in [0.15, 0.2) is 6.07 Å². The number of anilines is 2. The number of nitriles is 1. The highest BCUT2D eigenvalue weighted by Gasteiger charge is 2.34. The fourth-order valence-electron chi connectivity index (χ4n) is 5.41. The SMILES string of the molecule is COC(=O)N1CCc2c(c(N3CCCc4nc(C(C)C)c(C#N)cc43)nn2C2CCOCC2)C1. The van der Waals surface area contributed by atoms with Crippen LogP contribution in [0.5, 0.6) is 0 Å². The molecule has 1 saturated heterocycles. The average molecular weight is 465 g/mol. The van der Waals surface area contributed by atoms with E-state index in [2.05, 4.69) is 29.5 Å². The van der Waals surface area contributed by atoms with Crippen molar-refractivity contribution in [1.29, 1.82) is 5.26 Å². The number of carbonyl (C=O) groups excluding carboxylic acids is 1. The topological polar surface area (TPSA) is 96.5 Å². The van der Waals surface area contributed by atoms with Crippen LogP contribution in [-0.4, -0.2) is 59.2 Å².